The molecule has 63 heavy (non-hydrogen) atoms. The average Bonchev–Trinajstić information content (AvgIpc) is 3.70. The fourth-order valence-corrected chi connectivity index (χ4v) is 9.88. The molecule has 0 spiro atoms. The zero-order chi connectivity index (χ0) is 45.7. The van der Waals surface area contributed by atoms with E-state index in [0.29, 0.717) is 16.7 Å². The van der Waals surface area contributed by atoms with Crippen molar-refractivity contribution < 1.29 is 5.48 Å². The van der Waals surface area contributed by atoms with Gasteiger partial charge in [-0.15, -0.1) is 0 Å². The second kappa shape index (κ2) is 14.4. The Kier molecular flexibility index (Phi) is 7.55. The molecular formula is C62H45N. The van der Waals surface area contributed by atoms with E-state index < -0.39 is 0 Å². The normalized spacial score (nSPS) is 12.9. The molecule has 0 radical (unpaired) electrons. The maximum Gasteiger partial charge on any atom is 0.0629 e. The molecule has 0 saturated heterocycles. The second-order valence-electron chi connectivity index (χ2n) is 17.8. The monoisotopic (exact) mass is 807 g/mol. The van der Waals surface area contributed by atoms with Gasteiger partial charge in [-0.2, -0.15) is 0 Å². The van der Waals surface area contributed by atoms with Crippen molar-refractivity contribution in [3.8, 4) is 61.3 Å². The van der Waals surface area contributed by atoms with E-state index in [-0.39, 0.29) is 35.1 Å². The van der Waals surface area contributed by atoms with Gasteiger partial charge in [-0.05, 0) is 147 Å². The molecule has 1 heterocycles. The molecular weight excluding hydrogens is 759 g/mol. The molecule has 11 aromatic carbocycles. The minimum absolute atomic E-state index is 0.00451. The van der Waals surface area contributed by atoms with Crippen molar-refractivity contribution in [3.05, 3.63) is 224 Å². The Hall–Kier alpha value is -7.74. The smallest absolute Gasteiger partial charge is 0.0629 e. The van der Waals surface area contributed by atoms with Gasteiger partial charge in [-0.3, -0.25) is 0 Å². The summed E-state index contributed by atoms with van der Waals surface area (Å²) in [6.07, 6.45) is 0. The molecule has 298 valence electrons. The van der Waals surface area contributed by atoms with Gasteiger partial charge in [0.1, 0.15) is 0 Å². The van der Waals surface area contributed by atoms with Gasteiger partial charge >= 0.3 is 0 Å². The average molecular weight is 808 g/mol. The van der Waals surface area contributed by atoms with Gasteiger partial charge in [0.25, 0.3) is 0 Å². The third kappa shape index (κ3) is 6.15. The summed E-state index contributed by atoms with van der Waals surface area (Å²) >= 11 is 0. The number of aromatic nitrogens is 1. The van der Waals surface area contributed by atoms with Gasteiger partial charge in [0.2, 0.25) is 0 Å². The molecule has 0 bridgehead atoms. The lowest BCUT2D eigenvalue weighted by atomic mass is 9.84. The van der Waals surface area contributed by atoms with E-state index in [1.54, 1.807) is 0 Å². The quantitative estimate of drug-likeness (QED) is 0.116. The number of rotatable bonds is 6. The molecule has 1 heteroatoms. The Bertz CT molecular complexity index is 3770. The Labute approximate surface area is 374 Å². The second-order valence-corrected chi connectivity index (χ2v) is 17.8. The third-order valence-electron chi connectivity index (χ3n) is 12.9. The van der Waals surface area contributed by atoms with Gasteiger partial charge in [0.15, 0.2) is 0 Å². The Balaban J connectivity index is 1.09. The third-order valence-corrected chi connectivity index (χ3v) is 12.9. The lowest BCUT2D eigenvalue weighted by molar-refractivity contribution is 0.590. The van der Waals surface area contributed by atoms with Gasteiger partial charge in [-0.1, -0.05) is 191 Å². The minimum Gasteiger partial charge on any atom is -0.309 e. The van der Waals surface area contributed by atoms with Crippen molar-refractivity contribution in [3.63, 3.8) is 0 Å². The predicted octanol–water partition coefficient (Wildman–Crippen LogP) is 17.3. The van der Waals surface area contributed by atoms with Gasteiger partial charge < -0.3 is 4.57 Å². The van der Waals surface area contributed by atoms with Crippen LogP contribution in [0.3, 0.4) is 0 Å². The van der Waals surface area contributed by atoms with E-state index in [1.807, 2.05) is 42.5 Å². The van der Waals surface area contributed by atoms with Crippen LogP contribution in [0.15, 0.2) is 218 Å². The number of hydrogen-bond donors (Lipinski definition) is 0. The van der Waals surface area contributed by atoms with E-state index >= 15 is 0 Å². The highest BCUT2D eigenvalue weighted by molar-refractivity contribution is 6.25. The van der Waals surface area contributed by atoms with Crippen LogP contribution in [-0.2, 0) is 5.41 Å². The maximum atomic E-state index is 9.87. The first kappa shape index (κ1) is 33.0. The first-order valence-corrected chi connectivity index (χ1v) is 21.8. The number of hydrogen-bond acceptors (Lipinski definition) is 0. The van der Waals surface area contributed by atoms with Gasteiger partial charge in [-0.25, -0.2) is 0 Å². The van der Waals surface area contributed by atoms with Crippen molar-refractivity contribution >= 4 is 54.1 Å². The van der Waals surface area contributed by atoms with Crippen molar-refractivity contribution in [2.24, 2.45) is 0 Å². The van der Waals surface area contributed by atoms with E-state index in [9.17, 15) is 5.48 Å². The number of nitrogens with zero attached hydrogens (tertiary/aromatic N) is 1. The van der Waals surface area contributed by atoms with Crippen LogP contribution in [0.5, 0.6) is 0 Å². The molecule has 0 amide bonds. The lowest BCUT2D eigenvalue weighted by Crippen LogP contribution is -2.10. The molecule has 0 fully saturated rings. The summed E-state index contributed by atoms with van der Waals surface area (Å²) in [5, 5.41) is 8.10. The van der Waals surface area contributed by atoms with E-state index in [2.05, 4.69) is 177 Å². The van der Waals surface area contributed by atoms with Crippen LogP contribution < -0.4 is 0 Å². The zero-order valence-electron chi connectivity index (χ0n) is 39.4. The molecule has 12 aromatic rings. The molecule has 0 N–H and O–H groups in total. The summed E-state index contributed by atoms with van der Waals surface area (Å²) in [5.74, 6) is 0. The van der Waals surface area contributed by atoms with Crippen LogP contribution in [0, 0.1) is 0 Å². The van der Waals surface area contributed by atoms with Crippen LogP contribution in [-0.4, -0.2) is 4.57 Å². The highest BCUT2D eigenvalue weighted by atomic mass is 15.0. The fraction of sp³-hybridized carbons (Fsp3) is 0.0645. The summed E-state index contributed by atoms with van der Waals surface area (Å²) in [4.78, 5) is 0. The Morgan fingerprint density at radius 3 is 1.40 bits per heavy atom. The van der Waals surface area contributed by atoms with Crippen LogP contribution in [0.2, 0.25) is 0 Å². The van der Waals surface area contributed by atoms with Crippen molar-refractivity contribution in [1.29, 1.82) is 0 Å². The predicted molar refractivity (Wildman–Crippen MR) is 270 cm³/mol. The molecule has 1 nitrogen and oxygen atoms in total. The minimum atomic E-state index is -0.0690. The molecule has 0 saturated carbocycles. The van der Waals surface area contributed by atoms with Crippen molar-refractivity contribution in [2.45, 2.75) is 26.2 Å². The highest BCUT2D eigenvalue weighted by Crippen LogP contribution is 2.46. The largest absolute Gasteiger partial charge is 0.309 e. The first-order valence-electron chi connectivity index (χ1n) is 23.8. The molecule has 0 aliphatic rings. The van der Waals surface area contributed by atoms with Crippen LogP contribution in [0.1, 0.15) is 31.8 Å². The summed E-state index contributed by atoms with van der Waals surface area (Å²) < 4.78 is 41.6. The molecule has 0 unspecified atom stereocenters. The summed E-state index contributed by atoms with van der Waals surface area (Å²) in [7, 11) is 0. The zero-order valence-corrected chi connectivity index (χ0v) is 35.4. The molecule has 12 rings (SSSR count). The summed E-state index contributed by atoms with van der Waals surface area (Å²) in [6.45, 7) is 6.66. The maximum absolute atomic E-state index is 9.87. The van der Waals surface area contributed by atoms with Gasteiger partial charge in [0.05, 0.1) is 16.5 Å². The number of fused-ring (bicyclic) bond motifs is 2. The van der Waals surface area contributed by atoms with Crippen molar-refractivity contribution in [2.75, 3.05) is 0 Å². The Morgan fingerprint density at radius 1 is 0.349 bits per heavy atom. The highest BCUT2D eigenvalue weighted by Gasteiger charge is 2.21. The number of benzene rings is 11. The standard InChI is InChI=1S/C62H45N/c1-62(2,3)50-31-33-51(34-32-50)63-56-24-14-19-43-29-30-45-35-48(39-57(63)61(45)60(43)56)42-25-27-44(28-26-42)58-52-20-10-12-22-54(52)59(55-23-13-11-21-53(55)58)49-37-46(40-15-6-4-7-16-40)36-47(38-49)41-17-8-5-9-18-41/h4-39H,1-3H3/i25D,26D,27D,28D. The summed E-state index contributed by atoms with van der Waals surface area (Å²) in [5.41, 5.74) is 12.8. The first-order chi connectivity index (χ1) is 32.5. The molecule has 1 aromatic heterocycles. The van der Waals surface area contributed by atoms with Crippen molar-refractivity contribution in [1.82, 2.24) is 4.57 Å². The summed E-state index contributed by atoms with van der Waals surface area (Å²) in [6, 6.07) is 67.4. The topological polar surface area (TPSA) is 4.93 Å². The van der Waals surface area contributed by atoms with Crippen LogP contribution in [0.4, 0.5) is 0 Å². The molecule has 0 aliphatic heterocycles. The Morgan fingerprint density at radius 2 is 0.825 bits per heavy atom. The lowest BCUT2D eigenvalue weighted by Gasteiger charge is -2.19. The van der Waals surface area contributed by atoms with Crippen LogP contribution in [0.25, 0.3) is 115 Å². The SMILES string of the molecule is [2H]c1c([2H])c(-c2c3ccccc3c(-c3cc(-c4ccccc4)cc(-c4ccccc4)c3)c3ccccc23)c([2H])c([2H])c1-c1cc2ccc3cccc4c3c2c(c1)n4-c1ccc(C(C)(C)C)cc1. The molecule has 0 atom stereocenters. The van der Waals surface area contributed by atoms with E-state index in [0.717, 1.165) is 87.8 Å². The van der Waals surface area contributed by atoms with Crippen LogP contribution >= 0.6 is 0 Å². The van der Waals surface area contributed by atoms with E-state index in [1.165, 1.54) is 10.9 Å². The van der Waals surface area contributed by atoms with E-state index in [4.69, 9.17) is 0 Å². The fourth-order valence-electron chi connectivity index (χ4n) is 9.88. The molecule has 0 aliphatic carbocycles. The van der Waals surface area contributed by atoms with Gasteiger partial charge in [0, 0.05) is 16.5 Å².